The van der Waals surface area contributed by atoms with Crippen LogP contribution in [0.4, 0.5) is 18.9 Å². The smallest absolute Gasteiger partial charge is 0.369 e. The Morgan fingerprint density at radius 1 is 1.36 bits per heavy atom. The van der Waals surface area contributed by atoms with Crippen LogP contribution in [0, 0.1) is 27.7 Å². The number of rotatable bonds is 2. The molecule has 0 saturated carbocycles. The van der Waals surface area contributed by atoms with E-state index in [1.165, 1.54) is 0 Å². The van der Waals surface area contributed by atoms with E-state index in [-0.39, 0.29) is 0 Å². The fraction of sp³-hybridized carbons (Fsp3) is 0.167. The highest BCUT2D eigenvalue weighted by Gasteiger charge is 2.30. The molecular formula is C6H3F3N2O3. The summed E-state index contributed by atoms with van der Waals surface area (Å²) in [5.74, 6) is -6.63. The molecule has 76 valence electrons. The van der Waals surface area contributed by atoms with E-state index in [9.17, 15) is 23.3 Å². The molecule has 5 nitrogen and oxygen atoms in total. The number of nitrogens with zero attached hydrogens (tertiary/aromatic N) is 2. The van der Waals surface area contributed by atoms with Gasteiger partial charge in [0.2, 0.25) is 11.6 Å². The van der Waals surface area contributed by atoms with Gasteiger partial charge in [0.1, 0.15) is 0 Å². The van der Waals surface area contributed by atoms with Gasteiger partial charge >= 0.3 is 5.69 Å². The highest BCUT2D eigenvalue weighted by molar-refractivity contribution is 5.42. The number of hydrogen-bond acceptors (Lipinski definition) is 4. The van der Waals surface area contributed by atoms with Gasteiger partial charge in [-0.15, -0.1) is 0 Å². The van der Waals surface area contributed by atoms with Crippen LogP contribution in [0.2, 0.25) is 0 Å². The van der Waals surface area contributed by atoms with Crippen LogP contribution in [0.3, 0.4) is 0 Å². The van der Waals surface area contributed by atoms with E-state index in [0.717, 1.165) is 7.11 Å². The number of methoxy groups -OCH3 is 1. The Morgan fingerprint density at radius 2 is 1.93 bits per heavy atom. The number of nitro groups is 1. The molecule has 14 heavy (non-hydrogen) atoms. The van der Waals surface area contributed by atoms with E-state index in [1.54, 1.807) is 0 Å². The third kappa shape index (κ3) is 1.45. The molecule has 0 unspecified atom stereocenters. The maximum absolute atomic E-state index is 12.8. The van der Waals surface area contributed by atoms with E-state index >= 15 is 0 Å². The largest absolute Gasteiger partial charge is 0.476 e. The monoisotopic (exact) mass is 208 g/mol. The molecule has 0 radical (unpaired) electrons. The fourth-order valence-electron chi connectivity index (χ4n) is 0.780. The van der Waals surface area contributed by atoms with E-state index in [1.807, 2.05) is 0 Å². The normalized spacial score (nSPS) is 10.0. The molecule has 1 heterocycles. The predicted molar refractivity (Wildman–Crippen MR) is 37.3 cm³/mol. The second-order valence-corrected chi connectivity index (χ2v) is 2.15. The highest BCUT2D eigenvalue weighted by Crippen LogP contribution is 2.29. The molecule has 0 fully saturated rings. The molecule has 1 rings (SSSR count). The van der Waals surface area contributed by atoms with E-state index in [4.69, 9.17) is 0 Å². The van der Waals surface area contributed by atoms with Gasteiger partial charge in [-0.25, -0.2) is 0 Å². The minimum absolute atomic E-state index is 0.911. The molecule has 0 saturated heterocycles. The van der Waals surface area contributed by atoms with Gasteiger partial charge < -0.3 is 4.74 Å². The molecule has 0 bridgehead atoms. The summed E-state index contributed by atoms with van der Waals surface area (Å²) in [7, 11) is 0.923. The molecular weight excluding hydrogens is 205 g/mol. The van der Waals surface area contributed by atoms with Crippen LogP contribution in [0.1, 0.15) is 0 Å². The summed E-state index contributed by atoms with van der Waals surface area (Å²) in [6.07, 6.45) is 0. The van der Waals surface area contributed by atoms with E-state index in [0.29, 0.717) is 0 Å². The van der Waals surface area contributed by atoms with Gasteiger partial charge in [-0.2, -0.15) is 18.2 Å². The summed E-state index contributed by atoms with van der Waals surface area (Å²) in [4.78, 5) is 11.7. The van der Waals surface area contributed by atoms with Crippen molar-refractivity contribution >= 4 is 5.69 Å². The summed E-state index contributed by atoms with van der Waals surface area (Å²) in [5, 5.41) is 10.2. The van der Waals surface area contributed by atoms with Gasteiger partial charge in [0, 0.05) is 0 Å². The van der Waals surface area contributed by atoms with Crippen LogP contribution < -0.4 is 4.74 Å². The molecule has 0 atom stereocenters. The van der Waals surface area contributed by atoms with Crippen molar-refractivity contribution in [2.75, 3.05) is 7.11 Å². The standard InChI is InChI=1S/C6H3F3N2O3/c1-14-6-4(11(12)13)2(7)3(8)5(9)10-6/h1H3. The van der Waals surface area contributed by atoms with Gasteiger partial charge in [-0.05, 0) is 0 Å². The Balaban J connectivity index is 3.53. The van der Waals surface area contributed by atoms with Crippen LogP contribution in [-0.2, 0) is 0 Å². The van der Waals surface area contributed by atoms with E-state index in [2.05, 4.69) is 9.72 Å². The van der Waals surface area contributed by atoms with Crippen LogP contribution >= 0.6 is 0 Å². The third-order valence-electron chi connectivity index (χ3n) is 1.36. The molecule has 1 aromatic heterocycles. The lowest BCUT2D eigenvalue weighted by Crippen LogP contribution is -2.05. The van der Waals surface area contributed by atoms with Crippen molar-refractivity contribution < 1.29 is 22.8 Å². The number of pyridine rings is 1. The summed E-state index contributed by atoms with van der Waals surface area (Å²) in [6, 6.07) is 0. The second kappa shape index (κ2) is 3.48. The third-order valence-corrected chi connectivity index (χ3v) is 1.36. The van der Waals surface area contributed by atoms with Crippen molar-refractivity contribution in [2.45, 2.75) is 0 Å². The first-order valence-corrected chi connectivity index (χ1v) is 3.22. The second-order valence-electron chi connectivity index (χ2n) is 2.15. The summed E-state index contributed by atoms with van der Waals surface area (Å²) in [5.41, 5.74) is -1.33. The molecule has 0 amide bonds. The van der Waals surface area contributed by atoms with Crippen molar-refractivity contribution in [3.63, 3.8) is 0 Å². The number of aromatic nitrogens is 1. The quantitative estimate of drug-likeness (QED) is 0.418. The minimum Gasteiger partial charge on any atom is -0.476 e. The number of hydrogen-bond donors (Lipinski definition) is 0. The fourth-order valence-corrected chi connectivity index (χ4v) is 0.780. The predicted octanol–water partition coefficient (Wildman–Crippen LogP) is 1.42. The van der Waals surface area contributed by atoms with Gasteiger partial charge in [-0.1, -0.05) is 0 Å². The number of ether oxygens (including phenoxy) is 1. The van der Waals surface area contributed by atoms with Gasteiger partial charge in [0.15, 0.2) is 0 Å². The number of halogens is 3. The Bertz CT molecular complexity index is 396. The van der Waals surface area contributed by atoms with Crippen molar-refractivity contribution in [3.8, 4) is 5.88 Å². The Kier molecular flexibility index (Phi) is 2.54. The average molecular weight is 208 g/mol. The summed E-state index contributed by atoms with van der Waals surface area (Å²) >= 11 is 0. The first-order valence-electron chi connectivity index (χ1n) is 3.22. The van der Waals surface area contributed by atoms with Crippen molar-refractivity contribution in [2.24, 2.45) is 0 Å². The lowest BCUT2D eigenvalue weighted by molar-refractivity contribution is -0.389. The first kappa shape index (κ1) is 10.2. The molecule has 0 aliphatic rings. The molecule has 0 aromatic carbocycles. The minimum atomic E-state index is -2.00. The molecule has 0 spiro atoms. The lowest BCUT2D eigenvalue weighted by Gasteiger charge is -2.01. The van der Waals surface area contributed by atoms with Crippen LogP contribution in [-0.4, -0.2) is 17.0 Å². The molecule has 0 aliphatic heterocycles. The van der Waals surface area contributed by atoms with Gasteiger partial charge in [0.25, 0.3) is 11.8 Å². The SMILES string of the molecule is COc1nc(F)c(F)c(F)c1[N+](=O)[O-]. The Morgan fingerprint density at radius 3 is 2.36 bits per heavy atom. The molecule has 1 aromatic rings. The maximum atomic E-state index is 12.8. The van der Waals surface area contributed by atoms with Crippen LogP contribution in [0.5, 0.6) is 5.88 Å². The highest BCUT2D eigenvalue weighted by atomic mass is 19.2. The zero-order valence-corrected chi connectivity index (χ0v) is 6.75. The zero-order chi connectivity index (χ0) is 10.9. The van der Waals surface area contributed by atoms with E-state index < -0.39 is 34.1 Å². The van der Waals surface area contributed by atoms with Crippen molar-refractivity contribution in [1.82, 2.24) is 4.98 Å². The van der Waals surface area contributed by atoms with Crippen LogP contribution in [0.25, 0.3) is 0 Å². The summed E-state index contributed by atoms with van der Waals surface area (Å²) < 4.78 is 41.9. The van der Waals surface area contributed by atoms with Gasteiger partial charge in [-0.3, -0.25) is 10.1 Å². The van der Waals surface area contributed by atoms with Crippen LogP contribution in [0.15, 0.2) is 0 Å². The topological polar surface area (TPSA) is 65.3 Å². The lowest BCUT2D eigenvalue weighted by atomic mass is 10.3. The zero-order valence-electron chi connectivity index (χ0n) is 6.75. The molecule has 0 N–H and O–H groups in total. The Labute approximate surface area is 75.3 Å². The Hall–Kier alpha value is -1.86. The molecule has 0 aliphatic carbocycles. The first-order chi connectivity index (χ1) is 6.49. The average Bonchev–Trinajstić information content (AvgIpc) is 2.12. The van der Waals surface area contributed by atoms with Crippen molar-refractivity contribution in [1.29, 1.82) is 0 Å². The molecule has 8 heteroatoms. The summed E-state index contributed by atoms with van der Waals surface area (Å²) in [6.45, 7) is 0. The van der Waals surface area contributed by atoms with Gasteiger partial charge in [0.05, 0.1) is 12.0 Å². The van der Waals surface area contributed by atoms with Crippen molar-refractivity contribution in [3.05, 3.63) is 27.7 Å². The maximum Gasteiger partial charge on any atom is 0.369 e.